The summed E-state index contributed by atoms with van der Waals surface area (Å²) in [4.78, 5) is 24.1. The molecule has 2 rings (SSSR count). The number of aryl methyl sites for hydroxylation is 2. The maximum atomic E-state index is 12.1. The van der Waals surface area contributed by atoms with E-state index >= 15 is 0 Å². The Morgan fingerprint density at radius 2 is 1.64 bits per heavy atom. The number of hydrogen-bond acceptors (Lipinski definition) is 3. The second-order valence-electron chi connectivity index (χ2n) is 5.12. The standard InChI is InChI=1S/C15H21N5O2/c1-19-7-3-5-12(19)14(21)17-10-11(9-16)18-15(22)13-6-4-8-20(13)2/h3-8,11H,9-10,16H2,1-2H3,(H,17,21)(H,18,22). The van der Waals surface area contributed by atoms with Crippen LogP contribution in [0.5, 0.6) is 0 Å². The molecule has 22 heavy (non-hydrogen) atoms. The number of nitrogens with zero attached hydrogens (tertiary/aromatic N) is 2. The molecule has 0 aliphatic rings. The zero-order valence-electron chi connectivity index (χ0n) is 12.7. The third kappa shape index (κ3) is 3.56. The first-order valence-electron chi connectivity index (χ1n) is 7.04. The highest BCUT2D eigenvalue weighted by Gasteiger charge is 2.16. The Labute approximate surface area is 129 Å². The lowest BCUT2D eigenvalue weighted by molar-refractivity contribution is 0.0902. The average molecular weight is 303 g/mol. The molecule has 2 aromatic heterocycles. The normalized spacial score (nSPS) is 12.0. The Morgan fingerprint density at radius 3 is 2.09 bits per heavy atom. The molecule has 0 saturated heterocycles. The smallest absolute Gasteiger partial charge is 0.268 e. The maximum Gasteiger partial charge on any atom is 0.268 e. The molecule has 0 aromatic carbocycles. The largest absolute Gasteiger partial charge is 0.349 e. The molecule has 7 nitrogen and oxygen atoms in total. The molecule has 118 valence electrons. The molecule has 7 heteroatoms. The predicted octanol–water partition coefficient (Wildman–Crippen LogP) is -0.149. The van der Waals surface area contributed by atoms with Gasteiger partial charge in [0.15, 0.2) is 0 Å². The molecular weight excluding hydrogens is 282 g/mol. The van der Waals surface area contributed by atoms with E-state index in [1.165, 1.54) is 0 Å². The van der Waals surface area contributed by atoms with Crippen molar-refractivity contribution in [1.82, 2.24) is 19.8 Å². The lowest BCUT2D eigenvalue weighted by atomic mass is 10.2. The second kappa shape index (κ2) is 6.95. The van der Waals surface area contributed by atoms with E-state index in [-0.39, 0.29) is 30.9 Å². The summed E-state index contributed by atoms with van der Waals surface area (Å²) in [6.45, 7) is 0.514. The van der Waals surface area contributed by atoms with Crippen LogP contribution in [0.15, 0.2) is 36.7 Å². The van der Waals surface area contributed by atoms with E-state index in [0.717, 1.165) is 0 Å². The number of hydrogen-bond donors (Lipinski definition) is 3. The van der Waals surface area contributed by atoms with Crippen molar-refractivity contribution in [1.29, 1.82) is 0 Å². The third-order valence-corrected chi connectivity index (χ3v) is 3.48. The van der Waals surface area contributed by atoms with Gasteiger partial charge in [0.25, 0.3) is 11.8 Å². The number of rotatable bonds is 6. The zero-order chi connectivity index (χ0) is 16.1. The van der Waals surface area contributed by atoms with Crippen LogP contribution in [-0.4, -0.2) is 40.1 Å². The zero-order valence-corrected chi connectivity index (χ0v) is 12.7. The van der Waals surface area contributed by atoms with Gasteiger partial charge in [-0.05, 0) is 24.3 Å². The minimum Gasteiger partial charge on any atom is -0.349 e. The van der Waals surface area contributed by atoms with Gasteiger partial charge >= 0.3 is 0 Å². The predicted molar refractivity (Wildman–Crippen MR) is 83.5 cm³/mol. The molecule has 1 unspecified atom stereocenters. The van der Waals surface area contributed by atoms with Crippen molar-refractivity contribution in [3.8, 4) is 0 Å². The third-order valence-electron chi connectivity index (χ3n) is 3.48. The molecule has 2 aromatic rings. The topological polar surface area (TPSA) is 94.1 Å². The Balaban J connectivity index is 1.90. The van der Waals surface area contributed by atoms with Gasteiger partial charge in [-0.15, -0.1) is 0 Å². The van der Waals surface area contributed by atoms with Crippen molar-refractivity contribution >= 4 is 11.8 Å². The molecule has 0 aliphatic heterocycles. The van der Waals surface area contributed by atoms with Gasteiger partial charge in [0.05, 0.1) is 6.04 Å². The maximum absolute atomic E-state index is 12.1. The summed E-state index contributed by atoms with van der Waals surface area (Å²) in [5.74, 6) is -0.407. The van der Waals surface area contributed by atoms with Crippen molar-refractivity contribution in [2.75, 3.05) is 13.1 Å². The number of carbonyl (C=O) groups is 2. The summed E-state index contributed by atoms with van der Waals surface area (Å²) in [6.07, 6.45) is 3.59. The van der Waals surface area contributed by atoms with E-state index in [2.05, 4.69) is 10.6 Å². The van der Waals surface area contributed by atoms with E-state index in [0.29, 0.717) is 11.4 Å². The molecule has 0 spiro atoms. The molecule has 0 radical (unpaired) electrons. The molecule has 1 atom stereocenters. The molecular formula is C15H21N5O2. The number of aromatic nitrogens is 2. The van der Waals surface area contributed by atoms with Crippen LogP contribution in [0.2, 0.25) is 0 Å². The first-order chi connectivity index (χ1) is 10.5. The first-order valence-corrected chi connectivity index (χ1v) is 7.04. The number of carbonyl (C=O) groups excluding carboxylic acids is 2. The Kier molecular flexibility index (Phi) is 5.00. The molecule has 4 N–H and O–H groups in total. The van der Waals surface area contributed by atoms with E-state index in [1.54, 1.807) is 59.9 Å². The van der Waals surface area contributed by atoms with Gasteiger partial charge in [-0.25, -0.2) is 0 Å². The molecule has 0 aliphatic carbocycles. The molecule has 0 saturated carbocycles. The first kappa shape index (κ1) is 15.8. The molecule has 0 fully saturated rings. The van der Waals surface area contributed by atoms with Crippen LogP contribution in [-0.2, 0) is 14.1 Å². The van der Waals surface area contributed by atoms with E-state index in [4.69, 9.17) is 5.73 Å². The lowest BCUT2D eigenvalue weighted by Crippen LogP contribution is -2.48. The highest BCUT2D eigenvalue weighted by Crippen LogP contribution is 2.01. The monoisotopic (exact) mass is 303 g/mol. The summed E-state index contributed by atoms with van der Waals surface area (Å²) in [6, 6.07) is 6.73. The van der Waals surface area contributed by atoms with Crippen molar-refractivity contribution in [3.63, 3.8) is 0 Å². The summed E-state index contributed by atoms with van der Waals surface area (Å²) >= 11 is 0. The van der Waals surface area contributed by atoms with Crippen molar-refractivity contribution in [3.05, 3.63) is 48.0 Å². The molecule has 2 amide bonds. The van der Waals surface area contributed by atoms with Crippen molar-refractivity contribution in [2.24, 2.45) is 19.8 Å². The highest BCUT2D eigenvalue weighted by molar-refractivity contribution is 5.94. The van der Waals surface area contributed by atoms with Crippen LogP contribution in [0, 0.1) is 0 Å². The van der Waals surface area contributed by atoms with Crippen molar-refractivity contribution in [2.45, 2.75) is 6.04 Å². The SMILES string of the molecule is Cn1cccc1C(=O)NCC(CN)NC(=O)c1cccn1C. The summed E-state index contributed by atoms with van der Waals surface area (Å²) < 4.78 is 3.46. The van der Waals surface area contributed by atoms with Crippen LogP contribution in [0.25, 0.3) is 0 Å². The van der Waals surface area contributed by atoms with Gasteiger partial charge < -0.3 is 25.5 Å². The summed E-state index contributed by atoms with van der Waals surface area (Å²) in [7, 11) is 3.59. The fraction of sp³-hybridized carbons (Fsp3) is 0.333. The Bertz CT molecular complexity index is 658. The lowest BCUT2D eigenvalue weighted by Gasteiger charge is -2.18. The van der Waals surface area contributed by atoms with Gasteiger partial charge in [0, 0.05) is 39.6 Å². The van der Waals surface area contributed by atoms with Crippen LogP contribution in [0.4, 0.5) is 0 Å². The second-order valence-corrected chi connectivity index (χ2v) is 5.12. The quantitative estimate of drug-likeness (QED) is 0.693. The van der Waals surface area contributed by atoms with Gasteiger partial charge in [0.2, 0.25) is 0 Å². The minimum absolute atomic E-state index is 0.195. The number of nitrogens with two attached hydrogens (primary N) is 1. The highest BCUT2D eigenvalue weighted by atomic mass is 16.2. The van der Waals surface area contributed by atoms with Crippen LogP contribution in [0.3, 0.4) is 0 Å². The van der Waals surface area contributed by atoms with Gasteiger partial charge in [0.1, 0.15) is 11.4 Å². The van der Waals surface area contributed by atoms with E-state index in [9.17, 15) is 9.59 Å². The van der Waals surface area contributed by atoms with E-state index in [1.807, 2.05) is 0 Å². The Morgan fingerprint density at radius 1 is 1.09 bits per heavy atom. The fourth-order valence-electron chi connectivity index (χ4n) is 2.15. The van der Waals surface area contributed by atoms with Gasteiger partial charge in [-0.2, -0.15) is 0 Å². The van der Waals surface area contributed by atoms with Gasteiger partial charge in [-0.1, -0.05) is 0 Å². The van der Waals surface area contributed by atoms with E-state index < -0.39 is 0 Å². The molecule has 0 bridgehead atoms. The van der Waals surface area contributed by atoms with Crippen molar-refractivity contribution < 1.29 is 9.59 Å². The molecule has 2 heterocycles. The number of amides is 2. The minimum atomic E-state index is -0.327. The van der Waals surface area contributed by atoms with Crippen LogP contribution >= 0.6 is 0 Å². The summed E-state index contributed by atoms with van der Waals surface area (Å²) in [5.41, 5.74) is 6.78. The van der Waals surface area contributed by atoms with Gasteiger partial charge in [-0.3, -0.25) is 9.59 Å². The fourth-order valence-corrected chi connectivity index (χ4v) is 2.15. The average Bonchev–Trinajstić information content (AvgIpc) is 3.11. The van der Waals surface area contributed by atoms with Crippen LogP contribution in [0.1, 0.15) is 21.0 Å². The number of nitrogens with one attached hydrogen (secondary N) is 2. The summed E-state index contributed by atoms with van der Waals surface area (Å²) in [5, 5.41) is 5.60. The Hall–Kier alpha value is -2.54. The van der Waals surface area contributed by atoms with Crippen LogP contribution < -0.4 is 16.4 Å².